The molecule has 5 fully saturated rings. The number of ether oxygens (including phenoxy) is 1. The van der Waals surface area contributed by atoms with Crippen molar-refractivity contribution in [3.05, 3.63) is 0 Å². The first-order chi connectivity index (χ1) is 11.9. The van der Waals surface area contributed by atoms with Gasteiger partial charge in [0.05, 0.1) is 12.2 Å². The molecule has 0 bridgehead atoms. The van der Waals surface area contributed by atoms with Gasteiger partial charge in [-0.05, 0) is 80.5 Å². The highest BCUT2D eigenvalue weighted by Gasteiger charge is 2.80. The molecule has 4 nitrogen and oxygen atoms in total. The highest BCUT2D eigenvalue weighted by molar-refractivity contribution is 5.93. The second-order valence-corrected chi connectivity index (χ2v) is 10.2. The summed E-state index contributed by atoms with van der Waals surface area (Å²) in [5, 5.41) is 19.6. The van der Waals surface area contributed by atoms with Gasteiger partial charge >= 0.3 is 0 Å². The molecule has 1 saturated heterocycles. The summed E-state index contributed by atoms with van der Waals surface area (Å²) < 4.78 is 5.95. The number of Topliss-reactive ketones (excluding diaryl/α,β-unsaturated/α-hetero) is 1. The number of fused-ring (bicyclic) bond motifs is 7. The Labute approximate surface area is 150 Å². The van der Waals surface area contributed by atoms with Crippen molar-refractivity contribution in [1.82, 2.24) is 0 Å². The molecular weight excluding hydrogens is 316 g/mol. The third-order valence-electron chi connectivity index (χ3n) is 9.63. The molecule has 0 aromatic heterocycles. The number of carbonyl (C=O) groups excluding carboxylic acids is 1. The third kappa shape index (κ3) is 1.87. The minimum atomic E-state index is -0.669. The van der Waals surface area contributed by atoms with E-state index in [0.717, 1.165) is 38.0 Å². The van der Waals surface area contributed by atoms with Crippen molar-refractivity contribution in [3.8, 4) is 0 Å². The largest absolute Gasteiger partial charge is 0.393 e. The predicted molar refractivity (Wildman–Crippen MR) is 92.8 cm³/mol. The molecule has 2 N–H and O–H groups in total. The van der Waals surface area contributed by atoms with Crippen LogP contribution in [0.5, 0.6) is 0 Å². The summed E-state index contributed by atoms with van der Waals surface area (Å²) in [5.74, 6) is 2.57. The maximum Gasteiger partial charge on any atom is 0.193 e. The molecule has 1 heterocycles. The van der Waals surface area contributed by atoms with Gasteiger partial charge in [0.15, 0.2) is 11.4 Å². The Balaban J connectivity index is 1.46. The highest BCUT2D eigenvalue weighted by atomic mass is 16.6. The van der Waals surface area contributed by atoms with E-state index >= 15 is 0 Å². The molecule has 1 aliphatic heterocycles. The van der Waals surface area contributed by atoms with Crippen LogP contribution in [0.25, 0.3) is 0 Å². The van der Waals surface area contributed by atoms with Crippen LogP contribution in [0.2, 0.25) is 0 Å². The predicted octanol–water partition coefficient (Wildman–Crippen LogP) is 2.70. The Morgan fingerprint density at radius 3 is 2.64 bits per heavy atom. The SMILES string of the molecule is C[C@]12CC[C@H](O)C[C@@H]1CC[C@@H]1[C@@H]2CC[C@@]2(C)[C@H]1C[C@H]1O[C@]12C(=O)CO. The van der Waals surface area contributed by atoms with Crippen LogP contribution in [0.4, 0.5) is 0 Å². The Hall–Kier alpha value is -0.450. The lowest BCUT2D eigenvalue weighted by Gasteiger charge is -2.61. The molecule has 4 saturated carbocycles. The lowest BCUT2D eigenvalue weighted by atomic mass is 9.44. The Kier molecular flexibility index (Phi) is 3.39. The molecule has 0 radical (unpaired) electrons. The van der Waals surface area contributed by atoms with E-state index in [4.69, 9.17) is 4.74 Å². The maximum absolute atomic E-state index is 12.5. The average Bonchev–Trinajstić information content (AvgIpc) is 3.27. The van der Waals surface area contributed by atoms with Crippen molar-refractivity contribution in [2.75, 3.05) is 6.61 Å². The first kappa shape index (κ1) is 16.7. The fourth-order valence-corrected chi connectivity index (χ4v) is 8.27. The van der Waals surface area contributed by atoms with E-state index in [0.29, 0.717) is 23.2 Å². The van der Waals surface area contributed by atoms with E-state index in [1.54, 1.807) is 0 Å². The lowest BCUT2D eigenvalue weighted by molar-refractivity contribution is -0.154. The number of hydrogen-bond acceptors (Lipinski definition) is 4. The molecule has 9 atom stereocenters. The Bertz CT molecular complexity index is 605. The maximum atomic E-state index is 12.5. The number of aliphatic hydroxyl groups excluding tert-OH is 2. The van der Waals surface area contributed by atoms with Gasteiger partial charge in [-0.3, -0.25) is 4.79 Å². The number of aliphatic hydroxyl groups is 2. The number of hydrogen-bond donors (Lipinski definition) is 2. The van der Waals surface area contributed by atoms with Gasteiger partial charge in [0.1, 0.15) is 6.61 Å². The molecule has 5 aliphatic rings. The summed E-state index contributed by atoms with van der Waals surface area (Å²) in [4.78, 5) is 12.5. The Morgan fingerprint density at radius 1 is 1.08 bits per heavy atom. The third-order valence-corrected chi connectivity index (χ3v) is 9.63. The van der Waals surface area contributed by atoms with E-state index in [2.05, 4.69) is 13.8 Å². The lowest BCUT2D eigenvalue weighted by Crippen LogP contribution is -2.57. The van der Waals surface area contributed by atoms with Crippen LogP contribution in [0, 0.1) is 34.5 Å². The first-order valence-corrected chi connectivity index (χ1v) is 10.4. The molecule has 4 aliphatic carbocycles. The van der Waals surface area contributed by atoms with Gasteiger partial charge in [0, 0.05) is 5.41 Å². The van der Waals surface area contributed by atoms with Gasteiger partial charge in [-0.2, -0.15) is 0 Å². The summed E-state index contributed by atoms with van der Waals surface area (Å²) in [6.07, 6.45) is 8.76. The number of ketones is 1. The van der Waals surface area contributed by atoms with E-state index in [9.17, 15) is 15.0 Å². The van der Waals surface area contributed by atoms with Crippen LogP contribution in [-0.2, 0) is 9.53 Å². The summed E-state index contributed by atoms with van der Waals surface area (Å²) in [7, 11) is 0. The first-order valence-electron chi connectivity index (χ1n) is 10.4. The van der Waals surface area contributed by atoms with Gasteiger partial charge in [-0.15, -0.1) is 0 Å². The number of rotatable bonds is 2. The number of epoxide rings is 1. The smallest absolute Gasteiger partial charge is 0.193 e. The van der Waals surface area contributed by atoms with Crippen LogP contribution < -0.4 is 0 Å². The van der Waals surface area contributed by atoms with Crippen molar-refractivity contribution < 1.29 is 19.7 Å². The van der Waals surface area contributed by atoms with Crippen molar-refractivity contribution in [2.45, 2.75) is 83.0 Å². The van der Waals surface area contributed by atoms with Gasteiger partial charge in [0.2, 0.25) is 0 Å². The Morgan fingerprint density at radius 2 is 1.88 bits per heavy atom. The standard InChI is InChI=1S/C21H32O4/c1-19-7-5-13(23)9-12(19)3-4-14-15(19)6-8-20(2)16(14)10-18-21(20,25-18)17(24)11-22/h12-16,18,22-23H,3-11H2,1-2H3/t12-,13-,14+,15-,16-,18+,19-,20-,21+/m0/s1. The molecule has 0 spiro atoms. The van der Waals surface area contributed by atoms with Crippen LogP contribution in [0.1, 0.15) is 65.2 Å². The van der Waals surface area contributed by atoms with Crippen molar-refractivity contribution in [1.29, 1.82) is 0 Å². The molecule has 0 amide bonds. The molecule has 25 heavy (non-hydrogen) atoms. The average molecular weight is 348 g/mol. The monoisotopic (exact) mass is 348 g/mol. The molecule has 140 valence electrons. The van der Waals surface area contributed by atoms with Crippen LogP contribution in [0.15, 0.2) is 0 Å². The fraction of sp³-hybridized carbons (Fsp3) is 0.952. The van der Waals surface area contributed by atoms with Gasteiger partial charge in [0.25, 0.3) is 0 Å². The van der Waals surface area contributed by atoms with Crippen LogP contribution >= 0.6 is 0 Å². The summed E-state index contributed by atoms with van der Waals surface area (Å²) in [6.45, 7) is 4.38. The summed E-state index contributed by atoms with van der Waals surface area (Å²) >= 11 is 0. The molecular formula is C21H32O4. The molecule has 0 unspecified atom stereocenters. The minimum Gasteiger partial charge on any atom is -0.393 e. The number of carbonyl (C=O) groups is 1. The van der Waals surface area contributed by atoms with Crippen molar-refractivity contribution in [2.24, 2.45) is 34.5 Å². The van der Waals surface area contributed by atoms with Crippen LogP contribution in [0.3, 0.4) is 0 Å². The van der Waals surface area contributed by atoms with E-state index in [1.807, 2.05) is 0 Å². The fourth-order valence-electron chi connectivity index (χ4n) is 8.27. The zero-order valence-electron chi connectivity index (χ0n) is 15.5. The van der Waals surface area contributed by atoms with Crippen molar-refractivity contribution >= 4 is 5.78 Å². The zero-order chi connectivity index (χ0) is 17.6. The quantitative estimate of drug-likeness (QED) is 0.753. The van der Waals surface area contributed by atoms with E-state index in [-0.39, 0.29) is 30.0 Å². The second kappa shape index (κ2) is 5.08. The molecule has 4 heteroatoms. The van der Waals surface area contributed by atoms with E-state index < -0.39 is 5.60 Å². The second-order valence-electron chi connectivity index (χ2n) is 10.2. The summed E-state index contributed by atoms with van der Waals surface area (Å²) in [5.41, 5.74) is -0.390. The highest BCUT2D eigenvalue weighted by Crippen LogP contribution is 2.73. The molecule has 0 aromatic rings. The van der Waals surface area contributed by atoms with Gasteiger partial charge in [-0.25, -0.2) is 0 Å². The normalized spacial score (nSPS) is 59.4. The van der Waals surface area contributed by atoms with Gasteiger partial charge < -0.3 is 14.9 Å². The minimum absolute atomic E-state index is 0.0552. The van der Waals surface area contributed by atoms with E-state index in [1.165, 1.54) is 19.3 Å². The molecule has 0 aromatic carbocycles. The van der Waals surface area contributed by atoms with Crippen molar-refractivity contribution in [3.63, 3.8) is 0 Å². The zero-order valence-corrected chi connectivity index (χ0v) is 15.5. The van der Waals surface area contributed by atoms with Crippen LogP contribution in [-0.4, -0.2) is 40.4 Å². The summed E-state index contributed by atoms with van der Waals surface area (Å²) in [6, 6.07) is 0. The topological polar surface area (TPSA) is 70.1 Å². The molecule has 5 rings (SSSR count). The van der Waals surface area contributed by atoms with Gasteiger partial charge in [-0.1, -0.05) is 13.8 Å².